The SMILES string of the molecule is CC(C)(C)[Si](C)(C)OC1CN(CCOS(C)(=O)=O)CCC1N=[N+]=[N-]. The molecule has 10 heteroatoms. The summed E-state index contributed by atoms with van der Waals surface area (Å²) in [4.78, 5) is 5.06. The summed E-state index contributed by atoms with van der Waals surface area (Å²) in [5.41, 5.74) is 8.81. The van der Waals surface area contributed by atoms with Crippen LogP contribution in [0.4, 0.5) is 0 Å². The van der Waals surface area contributed by atoms with Crippen LogP contribution in [0.15, 0.2) is 5.11 Å². The Hall–Kier alpha value is -0.643. The fourth-order valence-electron chi connectivity index (χ4n) is 2.36. The highest BCUT2D eigenvalue weighted by molar-refractivity contribution is 7.85. The molecule has 0 saturated carbocycles. The smallest absolute Gasteiger partial charge is 0.264 e. The first kappa shape index (κ1) is 21.4. The lowest BCUT2D eigenvalue weighted by atomic mass is 10.0. The van der Waals surface area contributed by atoms with E-state index in [4.69, 9.17) is 14.1 Å². The first-order valence-corrected chi connectivity index (χ1v) is 12.9. The van der Waals surface area contributed by atoms with Crippen LogP contribution in [0.25, 0.3) is 10.4 Å². The summed E-state index contributed by atoms with van der Waals surface area (Å²) in [6, 6.07) is -0.184. The molecule has 0 N–H and O–H groups in total. The number of nitrogens with zero attached hydrogens (tertiary/aromatic N) is 4. The average Bonchev–Trinajstić information content (AvgIpc) is 2.38. The van der Waals surface area contributed by atoms with Crippen LogP contribution in [-0.2, 0) is 18.7 Å². The maximum absolute atomic E-state index is 11.1. The molecule has 0 amide bonds. The summed E-state index contributed by atoms with van der Waals surface area (Å²) in [6.45, 7) is 12.8. The van der Waals surface area contributed by atoms with Crippen molar-refractivity contribution in [3.63, 3.8) is 0 Å². The van der Waals surface area contributed by atoms with E-state index in [2.05, 4.69) is 48.8 Å². The van der Waals surface area contributed by atoms with Crippen molar-refractivity contribution in [3.8, 4) is 0 Å². The number of likely N-dealkylation sites (tertiary alicyclic amines) is 1. The van der Waals surface area contributed by atoms with Gasteiger partial charge in [-0.25, -0.2) is 0 Å². The van der Waals surface area contributed by atoms with Crippen molar-refractivity contribution in [2.45, 2.75) is 57.5 Å². The molecule has 0 aromatic carbocycles. The molecule has 0 spiro atoms. The molecule has 2 unspecified atom stereocenters. The molecule has 8 nitrogen and oxygen atoms in total. The highest BCUT2D eigenvalue weighted by Gasteiger charge is 2.42. The summed E-state index contributed by atoms with van der Waals surface area (Å²) >= 11 is 0. The predicted molar refractivity (Wildman–Crippen MR) is 96.9 cm³/mol. The van der Waals surface area contributed by atoms with Gasteiger partial charge in [0.25, 0.3) is 10.1 Å². The molecule has 0 aromatic rings. The van der Waals surface area contributed by atoms with Crippen LogP contribution >= 0.6 is 0 Å². The van der Waals surface area contributed by atoms with Crippen molar-refractivity contribution in [1.29, 1.82) is 0 Å². The average molecular weight is 379 g/mol. The van der Waals surface area contributed by atoms with E-state index in [1.165, 1.54) is 0 Å². The highest BCUT2D eigenvalue weighted by Crippen LogP contribution is 2.38. The third-order valence-corrected chi connectivity index (χ3v) is 9.86. The summed E-state index contributed by atoms with van der Waals surface area (Å²) in [6.07, 6.45) is 1.57. The maximum Gasteiger partial charge on any atom is 0.264 e. The Balaban J connectivity index is 2.74. The van der Waals surface area contributed by atoms with Crippen LogP contribution in [-0.4, -0.2) is 66.3 Å². The summed E-state index contributed by atoms with van der Waals surface area (Å²) in [7, 11) is -5.41. The monoisotopic (exact) mass is 378 g/mol. The standard InChI is InChI=1S/C14H30N4O4SSi/c1-14(2,3)24(5,6)22-13-11-18(8-7-12(13)16-17-15)9-10-21-23(4,19)20/h12-13H,7-11H2,1-6H3. The Labute approximate surface area is 146 Å². The number of piperidine rings is 1. The van der Waals surface area contributed by atoms with Crippen molar-refractivity contribution in [2.24, 2.45) is 5.11 Å². The van der Waals surface area contributed by atoms with Gasteiger partial charge < -0.3 is 4.43 Å². The van der Waals surface area contributed by atoms with Crippen molar-refractivity contribution in [2.75, 3.05) is 32.5 Å². The van der Waals surface area contributed by atoms with Gasteiger partial charge in [-0.1, -0.05) is 25.9 Å². The van der Waals surface area contributed by atoms with Crippen LogP contribution in [0, 0.1) is 0 Å². The molecular formula is C14H30N4O4SSi. The van der Waals surface area contributed by atoms with E-state index >= 15 is 0 Å². The molecule has 0 aliphatic carbocycles. The van der Waals surface area contributed by atoms with Gasteiger partial charge in [0.05, 0.1) is 25.0 Å². The molecule has 0 bridgehead atoms. The fourth-order valence-corrected chi connectivity index (χ4v) is 4.08. The van der Waals surface area contributed by atoms with Crippen molar-refractivity contribution < 1.29 is 17.0 Å². The molecule has 1 aliphatic heterocycles. The van der Waals surface area contributed by atoms with Crippen LogP contribution in [0.3, 0.4) is 0 Å². The van der Waals surface area contributed by atoms with E-state index in [1.54, 1.807) is 0 Å². The molecule has 1 fully saturated rings. The number of rotatable bonds is 7. The first-order valence-electron chi connectivity index (χ1n) is 8.14. The second-order valence-electron chi connectivity index (χ2n) is 7.80. The molecule has 24 heavy (non-hydrogen) atoms. The lowest BCUT2D eigenvalue weighted by Crippen LogP contribution is -2.54. The normalized spacial score (nSPS) is 23.8. The van der Waals surface area contributed by atoms with Gasteiger partial charge in [0, 0.05) is 18.0 Å². The zero-order valence-electron chi connectivity index (χ0n) is 15.5. The lowest BCUT2D eigenvalue weighted by Gasteiger charge is -2.44. The second-order valence-corrected chi connectivity index (χ2v) is 14.2. The minimum atomic E-state index is -3.42. The number of hydrogen-bond acceptors (Lipinski definition) is 6. The van der Waals surface area contributed by atoms with E-state index in [0.29, 0.717) is 19.5 Å². The van der Waals surface area contributed by atoms with Crippen LogP contribution in [0.2, 0.25) is 18.1 Å². The number of hydrogen-bond donors (Lipinski definition) is 0. The van der Waals surface area contributed by atoms with Gasteiger partial charge in [-0.3, -0.25) is 9.08 Å². The van der Waals surface area contributed by atoms with Crippen molar-refractivity contribution in [1.82, 2.24) is 4.90 Å². The molecule has 1 rings (SSSR count). The molecule has 0 aromatic heterocycles. The second kappa shape index (κ2) is 8.16. The minimum absolute atomic E-state index is 0.0651. The molecule has 140 valence electrons. The van der Waals surface area contributed by atoms with Crippen molar-refractivity contribution >= 4 is 18.4 Å². The maximum atomic E-state index is 11.1. The fraction of sp³-hybridized carbons (Fsp3) is 1.00. The Morgan fingerprint density at radius 2 is 2.00 bits per heavy atom. The van der Waals surface area contributed by atoms with E-state index in [9.17, 15) is 8.42 Å². The zero-order chi connectivity index (χ0) is 18.6. The van der Waals surface area contributed by atoms with Gasteiger partial charge in [-0.05, 0) is 36.6 Å². The van der Waals surface area contributed by atoms with Gasteiger partial charge >= 0.3 is 0 Å². The van der Waals surface area contributed by atoms with Gasteiger partial charge in [0.1, 0.15) is 0 Å². The summed E-state index contributed by atoms with van der Waals surface area (Å²) in [5, 5.41) is 3.97. The van der Waals surface area contributed by atoms with Gasteiger partial charge in [-0.15, -0.1) is 0 Å². The van der Waals surface area contributed by atoms with E-state index in [-0.39, 0.29) is 23.8 Å². The van der Waals surface area contributed by atoms with Crippen LogP contribution < -0.4 is 0 Å². The van der Waals surface area contributed by atoms with Gasteiger partial charge in [-0.2, -0.15) is 8.42 Å². The highest BCUT2D eigenvalue weighted by atomic mass is 32.2. The summed E-state index contributed by atoms with van der Waals surface area (Å²) in [5.74, 6) is 0. The lowest BCUT2D eigenvalue weighted by molar-refractivity contribution is 0.0553. The molecule has 1 aliphatic rings. The molecule has 1 saturated heterocycles. The molecular weight excluding hydrogens is 348 g/mol. The summed E-state index contributed by atoms with van der Waals surface area (Å²) < 4.78 is 33.4. The molecule has 2 atom stereocenters. The Morgan fingerprint density at radius 1 is 1.38 bits per heavy atom. The van der Waals surface area contributed by atoms with Crippen molar-refractivity contribution in [3.05, 3.63) is 10.4 Å². The number of azide groups is 1. The van der Waals surface area contributed by atoms with Crippen LogP contribution in [0.1, 0.15) is 27.2 Å². The van der Waals surface area contributed by atoms with Crippen LogP contribution in [0.5, 0.6) is 0 Å². The topological polar surface area (TPSA) is 105 Å². The Kier molecular flexibility index (Phi) is 7.27. The quantitative estimate of drug-likeness (QED) is 0.223. The Bertz CT molecular complexity index is 570. The predicted octanol–water partition coefficient (Wildman–Crippen LogP) is 2.74. The third-order valence-electron chi connectivity index (χ3n) is 4.77. The van der Waals surface area contributed by atoms with Gasteiger partial charge in [0.2, 0.25) is 0 Å². The third kappa shape index (κ3) is 6.70. The molecule has 1 heterocycles. The minimum Gasteiger partial charge on any atom is -0.412 e. The van der Waals surface area contributed by atoms with E-state index < -0.39 is 18.4 Å². The zero-order valence-corrected chi connectivity index (χ0v) is 17.3. The largest absolute Gasteiger partial charge is 0.412 e. The van der Waals surface area contributed by atoms with E-state index in [0.717, 1.165) is 12.8 Å². The molecule has 0 radical (unpaired) electrons. The van der Waals surface area contributed by atoms with Gasteiger partial charge in [0.15, 0.2) is 8.32 Å². The Morgan fingerprint density at radius 3 is 2.50 bits per heavy atom. The first-order chi connectivity index (χ1) is 10.9. The van der Waals surface area contributed by atoms with E-state index in [1.807, 2.05) is 0 Å².